The van der Waals surface area contributed by atoms with Crippen LogP contribution in [0.25, 0.3) is 0 Å². The molecule has 0 radical (unpaired) electrons. The minimum Gasteiger partial charge on any atom is -0.496 e. The molecule has 0 aliphatic heterocycles. The first-order chi connectivity index (χ1) is 6.65. The van der Waals surface area contributed by atoms with Crippen molar-refractivity contribution < 1.29 is 14.6 Å². The van der Waals surface area contributed by atoms with Gasteiger partial charge in [0, 0.05) is 11.1 Å². The van der Waals surface area contributed by atoms with Crippen LogP contribution >= 0.6 is 0 Å². The molecule has 0 fully saturated rings. The highest BCUT2D eigenvalue weighted by Gasteiger charge is 2.13. The van der Waals surface area contributed by atoms with Gasteiger partial charge >= 0.3 is 0 Å². The maximum atomic E-state index is 9.24. The van der Waals surface area contributed by atoms with E-state index in [9.17, 15) is 5.11 Å². The average Bonchev–Trinajstić information content (AvgIpc) is 2.20. The maximum Gasteiger partial charge on any atom is 0.127 e. The third kappa shape index (κ3) is 1.68. The lowest BCUT2D eigenvalue weighted by Gasteiger charge is -2.15. The van der Waals surface area contributed by atoms with Crippen LogP contribution in [0.3, 0.4) is 0 Å². The van der Waals surface area contributed by atoms with Crippen LogP contribution in [-0.4, -0.2) is 19.3 Å². The maximum absolute atomic E-state index is 9.24. The van der Waals surface area contributed by atoms with Crippen LogP contribution in [0.5, 0.6) is 11.5 Å². The van der Waals surface area contributed by atoms with Crippen molar-refractivity contribution in [1.82, 2.24) is 0 Å². The zero-order chi connectivity index (χ0) is 10.7. The lowest BCUT2D eigenvalue weighted by molar-refractivity contribution is 0.271. The Morgan fingerprint density at radius 3 is 2.29 bits per heavy atom. The van der Waals surface area contributed by atoms with E-state index in [-0.39, 0.29) is 6.61 Å². The fraction of sp³-hybridized carbons (Fsp3) is 0.455. The van der Waals surface area contributed by atoms with Crippen molar-refractivity contribution in [3.8, 4) is 11.5 Å². The molecule has 1 aromatic carbocycles. The van der Waals surface area contributed by atoms with Crippen LogP contribution in [0, 0.1) is 13.8 Å². The quantitative estimate of drug-likeness (QED) is 0.801. The Labute approximate surface area is 84.3 Å². The van der Waals surface area contributed by atoms with Gasteiger partial charge in [-0.3, -0.25) is 0 Å². The molecule has 0 bridgehead atoms. The molecular formula is C11H16O3. The molecule has 0 saturated heterocycles. The Kier molecular flexibility index (Phi) is 3.36. The number of rotatable bonds is 3. The number of methoxy groups -OCH3 is 2. The molecule has 1 aromatic rings. The van der Waals surface area contributed by atoms with Crippen molar-refractivity contribution in [2.45, 2.75) is 20.5 Å². The smallest absolute Gasteiger partial charge is 0.127 e. The second kappa shape index (κ2) is 4.33. The van der Waals surface area contributed by atoms with Crippen molar-refractivity contribution in [3.63, 3.8) is 0 Å². The minimum atomic E-state index is -0.0347. The lowest BCUT2D eigenvalue weighted by atomic mass is 10.0. The van der Waals surface area contributed by atoms with E-state index in [0.717, 1.165) is 28.2 Å². The first-order valence-electron chi connectivity index (χ1n) is 4.47. The number of benzene rings is 1. The molecule has 14 heavy (non-hydrogen) atoms. The normalized spacial score (nSPS) is 10.1. The number of aliphatic hydroxyl groups is 1. The summed E-state index contributed by atoms with van der Waals surface area (Å²) in [6.07, 6.45) is 0. The molecule has 0 unspecified atom stereocenters. The fourth-order valence-electron chi connectivity index (χ4n) is 1.61. The van der Waals surface area contributed by atoms with E-state index in [4.69, 9.17) is 9.47 Å². The molecule has 78 valence electrons. The van der Waals surface area contributed by atoms with Gasteiger partial charge in [-0.25, -0.2) is 0 Å². The zero-order valence-corrected chi connectivity index (χ0v) is 9.05. The number of aliphatic hydroxyl groups excluding tert-OH is 1. The molecule has 1 N–H and O–H groups in total. The third-order valence-corrected chi connectivity index (χ3v) is 2.38. The molecule has 3 heteroatoms. The summed E-state index contributed by atoms with van der Waals surface area (Å²) in [6, 6.07) is 1.91. The van der Waals surface area contributed by atoms with Crippen molar-refractivity contribution in [2.75, 3.05) is 14.2 Å². The summed E-state index contributed by atoms with van der Waals surface area (Å²) in [5, 5.41) is 9.24. The Morgan fingerprint density at radius 1 is 1.21 bits per heavy atom. The number of hydrogen-bond donors (Lipinski definition) is 1. The highest BCUT2D eigenvalue weighted by atomic mass is 16.5. The van der Waals surface area contributed by atoms with Gasteiger partial charge in [0.2, 0.25) is 0 Å². The molecule has 0 aliphatic carbocycles. The number of ether oxygens (including phenoxy) is 2. The first-order valence-corrected chi connectivity index (χ1v) is 4.47. The SMILES string of the molecule is COc1cc(C)c(OC)c(CO)c1C. The second-order valence-electron chi connectivity index (χ2n) is 3.19. The van der Waals surface area contributed by atoms with Crippen LogP contribution < -0.4 is 9.47 Å². The van der Waals surface area contributed by atoms with E-state index in [1.807, 2.05) is 19.9 Å². The summed E-state index contributed by atoms with van der Waals surface area (Å²) in [7, 11) is 3.23. The number of aryl methyl sites for hydroxylation is 1. The summed E-state index contributed by atoms with van der Waals surface area (Å²) < 4.78 is 10.4. The van der Waals surface area contributed by atoms with E-state index in [2.05, 4.69) is 0 Å². The molecule has 0 aromatic heterocycles. The van der Waals surface area contributed by atoms with Gasteiger partial charge in [0.25, 0.3) is 0 Å². The van der Waals surface area contributed by atoms with Crippen LogP contribution in [0.2, 0.25) is 0 Å². The van der Waals surface area contributed by atoms with Crippen molar-refractivity contribution in [3.05, 3.63) is 22.8 Å². The molecule has 0 atom stereocenters. The van der Waals surface area contributed by atoms with Gasteiger partial charge in [0.15, 0.2) is 0 Å². The topological polar surface area (TPSA) is 38.7 Å². The second-order valence-corrected chi connectivity index (χ2v) is 3.19. The third-order valence-electron chi connectivity index (χ3n) is 2.38. The van der Waals surface area contributed by atoms with Gasteiger partial charge < -0.3 is 14.6 Å². The van der Waals surface area contributed by atoms with E-state index < -0.39 is 0 Å². The van der Waals surface area contributed by atoms with Gasteiger partial charge in [0.05, 0.1) is 20.8 Å². The van der Waals surface area contributed by atoms with E-state index >= 15 is 0 Å². The molecular weight excluding hydrogens is 180 g/mol. The first kappa shape index (κ1) is 10.9. The van der Waals surface area contributed by atoms with Crippen LogP contribution in [-0.2, 0) is 6.61 Å². The fourth-order valence-corrected chi connectivity index (χ4v) is 1.61. The van der Waals surface area contributed by atoms with Crippen LogP contribution in [0.1, 0.15) is 16.7 Å². The van der Waals surface area contributed by atoms with Gasteiger partial charge in [-0.05, 0) is 25.5 Å². The van der Waals surface area contributed by atoms with E-state index in [0.29, 0.717) is 0 Å². The van der Waals surface area contributed by atoms with Crippen molar-refractivity contribution in [2.24, 2.45) is 0 Å². The minimum absolute atomic E-state index is 0.0347. The zero-order valence-electron chi connectivity index (χ0n) is 9.05. The summed E-state index contributed by atoms with van der Waals surface area (Å²) >= 11 is 0. The van der Waals surface area contributed by atoms with Gasteiger partial charge in [0.1, 0.15) is 11.5 Å². The molecule has 0 amide bonds. The largest absolute Gasteiger partial charge is 0.496 e. The Morgan fingerprint density at radius 2 is 1.86 bits per heavy atom. The monoisotopic (exact) mass is 196 g/mol. The summed E-state index contributed by atoms with van der Waals surface area (Å²) in [4.78, 5) is 0. The standard InChI is InChI=1S/C11H16O3/c1-7-5-10(13-3)8(2)9(6-12)11(7)14-4/h5,12H,6H2,1-4H3. The molecule has 0 spiro atoms. The molecule has 3 nitrogen and oxygen atoms in total. The summed E-state index contributed by atoms with van der Waals surface area (Å²) in [5.41, 5.74) is 2.70. The number of hydrogen-bond acceptors (Lipinski definition) is 3. The molecule has 0 aliphatic rings. The van der Waals surface area contributed by atoms with Crippen LogP contribution in [0.4, 0.5) is 0 Å². The lowest BCUT2D eigenvalue weighted by Crippen LogP contribution is -2.00. The summed E-state index contributed by atoms with van der Waals surface area (Å²) in [6.45, 7) is 3.80. The van der Waals surface area contributed by atoms with Crippen molar-refractivity contribution >= 4 is 0 Å². The Hall–Kier alpha value is -1.22. The summed E-state index contributed by atoms with van der Waals surface area (Å²) in [5.74, 6) is 1.53. The van der Waals surface area contributed by atoms with Gasteiger partial charge in [-0.15, -0.1) is 0 Å². The predicted octanol–water partition coefficient (Wildman–Crippen LogP) is 1.81. The Balaban J connectivity index is 3.40. The van der Waals surface area contributed by atoms with E-state index in [1.54, 1.807) is 14.2 Å². The van der Waals surface area contributed by atoms with Gasteiger partial charge in [-0.2, -0.15) is 0 Å². The Bertz CT molecular complexity index is 332. The average molecular weight is 196 g/mol. The van der Waals surface area contributed by atoms with Gasteiger partial charge in [-0.1, -0.05) is 0 Å². The van der Waals surface area contributed by atoms with Crippen molar-refractivity contribution in [1.29, 1.82) is 0 Å². The van der Waals surface area contributed by atoms with Crippen LogP contribution in [0.15, 0.2) is 6.07 Å². The highest BCUT2D eigenvalue weighted by Crippen LogP contribution is 2.33. The highest BCUT2D eigenvalue weighted by molar-refractivity contribution is 5.52. The van der Waals surface area contributed by atoms with E-state index in [1.165, 1.54) is 0 Å². The predicted molar refractivity (Wildman–Crippen MR) is 54.9 cm³/mol. The molecule has 0 heterocycles. The molecule has 0 saturated carbocycles. The molecule has 1 rings (SSSR count).